The van der Waals surface area contributed by atoms with Gasteiger partial charge < -0.3 is 0 Å². The van der Waals surface area contributed by atoms with E-state index in [1.165, 1.54) is 17.8 Å². The van der Waals surface area contributed by atoms with Crippen LogP contribution >= 0.6 is 0 Å². The molecule has 1 spiro atoms. The molecule has 0 aromatic heterocycles. The maximum absolute atomic E-state index is 2.58. The van der Waals surface area contributed by atoms with Crippen LogP contribution in [0.15, 0.2) is 0 Å². The average Bonchev–Trinajstić information content (AvgIpc) is 2.03. The van der Waals surface area contributed by atoms with Crippen molar-refractivity contribution < 1.29 is 0 Å². The van der Waals surface area contributed by atoms with E-state index < -0.39 is 0 Å². The molecule has 4 aliphatic carbocycles. The van der Waals surface area contributed by atoms with Gasteiger partial charge in [-0.1, -0.05) is 20.8 Å². The van der Waals surface area contributed by atoms with Gasteiger partial charge in [-0.3, -0.25) is 0 Å². The molecular formula is C12H18. The van der Waals surface area contributed by atoms with Crippen LogP contribution in [0.2, 0.25) is 0 Å². The van der Waals surface area contributed by atoms with Crippen molar-refractivity contribution in [2.45, 2.75) is 33.6 Å². The van der Waals surface area contributed by atoms with Crippen molar-refractivity contribution in [3.8, 4) is 0 Å². The van der Waals surface area contributed by atoms with Crippen molar-refractivity contribution in [3.05, 3.63) is 0 Å². The van der Waals surface area contributed by atoms with E-state index in [2.05, 4.69) is 20.8 Å². The van der Waals surface area contributed by atoms with Crippen molar-refractivity contribution in [1.29, 1.82) is 0 Å². The Morgan fingerprint density at radius 2 is 1.50 bits per heavy atom. The van der Waals surface area contributed by atoms with Crippen LogP contribution in [0.25, 0.3) is 0 Å². The molecule has 0 amide bonds. The van der Waals surface area contributed by atoms with Gasteiger partial charge in [-0.25, -0.2) is 0 Å². The second kappa shape index (κ2) is 1.31. The highest BCUT2D eigenvalue weighted by Crippen LogP contribution is 2.95. The van der Waals surface area contributed by atoms with Crippen LogP contribution in [-0.4, -0.2) is 0 Å². The smallest absolute Gasteiger partial charge is 0.0148 e. The lowest BCUT2D eigenvalue weighted by Gasteiger charge is -2.96. The van der Waals surface area contributed by atoms with Gasteiger partial charge in [0, 0.05) is 0 Å². The molecule has 0 radical (unpaired) electrons. The van der Waals surface area contributed by atoms with E-state index in [0.717, 1.165) is 22.7 Å². The second-order valence-electron chi connectivity index (χ2n) is 6.17. The Morgan fingerprint density at radius 3 is 1.83 bits per heavy atom. The SMILES string of the molecule is CC1C2CC3CC4C(C)C1(C)C324. The van der Waals surface area contributed by atoms with Gasteiger partial charge in [-0.15, -0.1) is 0 Å². The van der Waals surface area contributed by atoms with E-state index in [1.54, 1.807) is 12.8 Å². The topological polar surface area (TPSA) is 0 Å². The Labute approximate surface area is 74.7 Å². The zero-order chi connectivity index (χ0) is 8.30. The quantitative estimate of drug-likeness (QED) is 0.514. The molecule has 0 aromatic rings. The van der Waals surface area contributed by atoms with Crippen molar-refractivity contribution in [3.63, 3.8) is 0 Å². The van der Waals surface area contributed by atoms with Gasteiger partial charge in [0.1, 0.15) is 0 Å². The fourth-order valence-corrected chi connectivity index (χ4v) is 6.37. The van der Waals surface area contributed by atoms with Crippen molar-refractivity contribution >= 4 is 0 Å². The highest BCUT2D eigenvalue weighted by molar-refractivity contribution is 5.38. The Balaban J connectivity index is 1.85. The van der Waals surface area contributed by atoms with E-state index in [-0.39, 0.29) is 0 Å². The van der Waals surface area contributed by atoms with Crippen molar-refractivity contribution in [1.82, 2.24) is 0 Å². The zero-order valence-electron chi connectivity index (χ0n) is 8.30. The molecule has 0 heterocycles. The first kappa shape index (κ1) is 6.45. The molecule has 4 rings (SSSR count). The largest absolute Gasteiger partial charge is 0.0617 e. The van der Waals surface area contributed by atoms with Gasteiger partial charge in [0.05, 0.1) is 0 Å². The molecule has 4 unspecified atom stereocenters. The third-order valence-electron chi connectivity index (χ3n) is 7.01. The molecule has 4 atom stereocenters. The lowest BCUT2D eigenvalue weighted by Crippen LogP contribution is -2.91. The third-order valence-corrected chi connectivity index (χ3v) is 7.01. The minimum atomic E-state index is 0.795. The minimum absolute atomic E-state index is 0.795. The van der Waals surface area contributed by atoms with Crippen LogP contribution in [0.3, 0.4) is 0 Å². The highest BCUT2D eigenvalue weighted by Gasteiger charge is 2.91. The molecule has 0 nitrogen and oxygen atoms in total. The number of rotatable bonds is 0. The third kappa shape index (κ3) is 0.268. The van der Waals surface area contributed by atoms with Gasteiger partial charge in [0.15, 0.2) is 0 Å². The van der Waals surface area contributed by atoms with Gasteiger partial charge in [-0.2, -0.15) is 0 Å². The molecule has 0 aliphatic heterocycles. The van der Waals surface area contributed by atoms with Gasteiger partial charge >= 0.3 is 0 Å². The average molecular weight is 162 g/mol. The first-order valence-electron chi connectivity index (χ1n) is 5.65. The van der Waals surface area contributed by atoms with Crippen LogP contribution in [0.1, 0.15) is 33.6 Å². The summed E-state index contributed by atoms with van der Waals surface area (Å²) >= 11 is 0. The molecule has 0 bridgehead atoms. The van der Waals surface area contributed by atoms with Gasteiger partial charge in [-0.05, 0) is 53.3 Å². The molecule has 4 saturated carbocycles. The standard InChI is InChI=1S/C12H18/c1-6-9-4-8-5-10-7(2)11(6,3)12(8,9)10/h6-10H,4-5H2,1-3H3. The monoisotopic (exact) mass is 162 g/mol. The Morgan fingerprint density at radius 1 is 1.00 bits per heavy atom. The molecule has 0 aromatic carbocycles. The molecule has 4 fully saturated rings. The molecule has 4 aliphatic rings. The lowest BCUT2D eigenvalue weighted by atomic mass is 9.08. The minimum Gasteiger partial charge on any atom is -0.0617 e. The van der Waals surface area contributed by atoms with E-state index >= 15 is 0 Å². The summed E-state index contributed by atoms with van der Waals surface area (Å²) in [5.74, 6) is 5.63. The summed E-state index contributed by atoms with van der Waals surface area (Å²) in [5.41, 5.74) is 1.73. The first-order chi connectivity index (χ1) is 5.65. The predicted molar refractivity (Wildman–Crippen MR) is 48.6 cm³/mol. The van der Waals surface area contributed by atoms with Gasteiger partial charge in [0.2, 0.25) is 0 Å². The van der Waals surface area contributed by atoms with E-state index in [9.17, 15) is 0 Å². The zero-order valence-corrected chi connectivity index (χ0v) is 8.30. The van der Waals surface area contributed by atoms with E-state index in [0.29, 0.717) is 0 Å². The van der Waals surface area contributed by atoms with E-state index in [1.807, 2.05) is 0 Å². The highest BCUT2D eigenvalue weighted by atomic mass is 14.9. The van der Waals surface area contributed by atoms with Crippen molar-refractivity contribution in [2.24, 2.45) is 40.4 Å². The summed E-state index contributed by atoms with van der Waals surface area (Å²) in [6, 6.07) is 0. The molecular weight excluding hydrogens is 144 g/mol. The van der Waals surface area contributed by atoms with Crippen LogP contribution < -0.4 is 0 Å². The fraction of sp³-hybridized carbons (Fsp3) is 1.00. The summed E-state index contributed by atoms with van der Waals surface area (Å²) in [5, 5.41) is 0. The predicted octanol–water partition coefficient (Wildman–Crippen LogP) is 2.93. The maximum atomic E-state index is 2.58. The molecule has 0 saturated heterocycles. The maximum Gasteiger partial charge on any atom is -0.0148 e. The fourth-order valence-electron chi connectivity index (χ4n) is 6.37. The van der Waals surface area contributed by atoms with E-state index in [4.69, 9.17) is 0 Å². The number of hydrogen-bond acceptors (Lipinski definition) is 0. The Kier molecular flexibility index (Phi) is 0.703. The Bertz CT molecular complexity index is 248. The summed E-state index contributed by atoms with van der Waals surface area (Å²) < 4.78 is 0. The van der Waals surface area contributed by atoms with Crippen LogP contribution in [0, 0.1) is 40.4 Å². The normalized spacial score (nSPS) is 81.8. The van der Waals surface area contributed by atoms with Crippen LogP contribution in [0.4, 0.5) is 0 Å². The first-order valence-corrected chi connectivity index (χ1v) is 5.65. The number of hydrogen-bond donors (Lipinski definition) is 0. The van der Waals surface area contributed by atoms with Crippen LogP contribution in [-0.2, 0) is 0 Å². The molecule has 0 N–H and O–H groups in total. The van der Waals surface area contributed by atoms with Gasteiger partial charge in [0.25, 0.3) is 0 Å². The van der Waals surface area contributed by atoms with Crippen LogP contribution in [0.5, 0.6) is 0 Å². The van der Waals surface area contributed by atoms with Crippen molar-refractivity contribution in [2.75, 3.05) is 0 Å². The molecule has 12 heavy (non-hydrogen) atoms. The summed E-state index contributed by atoms with van der Waals surface area (Å²) in [6.07, 6.45) is 3.19. The summed E-state index contributed by atoms with van der Waals surface area (Å²) in [4.78, 5) is 0. The Hall–Kier alpha value is 0. The molecule has 0 heteroatoms. The second-order valence-corrected chi connectivity index (χ2v) is 6.17. The summed E-state index contributed by atoms with van der Waals surface area (Å²) in [6.45, 7) is 7.61. The lowest BCUT2D eigenvalue weighted by molar-refractivity contribution is -0.484. The molecule has 66 valence electrons. The summed E-state index contributed by atoms with van der Waals surface area (Å²) in [7, 11) is 0.